The summed E-state index contributed by atoms with van der Waals surface area (Å²) < 4.78 is 107. The summed E-state index contributed by atoms with van der Waals surface area (Å²) in [6, 6.07) is 10.7. The Balaban J connectivity index is 1.58. The molecule has 0 amide bonds. The van der Waals surface area contributed by atoms with E-state index in [0.29, 0.717) is 18.2 Å². The van der Waals surface area contributed by atoms with E-state index < -0.39 is 46.5 Å². The van der Waals surface area contributed by atoms with Crippen LogP contribution in [0.1, 0.15) is 47.6 Å². The predicted molar refractivity (Wildman–Crippen MR) is 143 cm³/mol. The Labute approximate surface area is 237 Å². The van der Waals surface area contributed by atoms with Crippen molar-refractivity contribution in [2.24, 2.45) is 0 Å². The van der Waals surface area contributed by atoms with Crippen LogP contribution in [0, 0.1) is 47.9 Å². The second-order valence-electron chi connectivity index (χ2n) is 9.31. The fraction of sp³-hybridized carbons (Fsp3) is 0.188. The highest BCUT2D eigenvalue weighted by molar-refractivity contribution is 6.31. The van der Waals surface area contributed by atoms with Gasteiger partial charge in [-0.25, -0.2) is 22.0 Å². The average Bonchev–Trinajstić information content (AvgIpc) is 2.89. The molecule has 0 bridgehead atoms. The van der Waals surface area contributed by atoms with Gasteiger partial charge in [-0.05, 0) is 73.4 Å². The number of aryl methyl sites for hydroxylation is 1. The topological polar surface area (TPSA) is 9.23 Å². The number of rotatable bonds is 7. The minimum Gasteiger partial charge on any atom is -0.429 e. The maximum atomic E-state index is 14.9. The Morgan fingerprint density at radius 1 is 0.780 bits per heavy atom. The van der Waals surface area contributed by atoms with Gasteiger partial charge in [-0.15, -0.1) is 0 Å². The van der Waals surface area contributed by atoms with Crippen LogP contribution in [0.4, 0.5) is 30.7 Å². The van der Waals surface area contributed by atoms with Crippen LogP contribution in [0.25, 0.3) is 11.1 Å². The van der Waals surface area contributed by atoms with Crippen molar-refractivity contribution >= 4 is 11.6 Å². The normalized spacial score (nSPS) is 11.3. The molecule has 4 rings (SSSR count). The van der Waals surface area contributed by atoms with E-state index in [1.165, 1.54) is 31.2 Å². The Hall–Kier alpha value is -3.96. The van der Waals surface area contributed by atoms with Crippen LogP contribution in [0.15, 0.2) is 60.7 Å². The van der Waals surface area contributed by atoms with Crippen molar-refractivity contribution in [3.05, 3.63) is 123 Å². The molecule has 0 radical (unpaired) electrons. The first-order chi connectivity index (χ1) is 19.4. The third-order valence-electron chi connectivity index (χ3n) is 6.31. The number of halogens is 8. The summed E-state index contributed by atoms with van der Waals surface area (Å²) in [6.07, 6.45) is -1.92. The van der Waals surface area contributed by atoms with Crippen LogP contribution >= 0.6 is 11.6 Å². The molecule has 0 fully saturated rings. The molecule has 4 aromatic rings. The van der Waals surface area contributed by atoms with E-state index in [0.717, 1.165) is 37.0 Å². The lowest BCUT2D eigenvalue weighted by molar-refractivity contribution is -0.189. The molecule has 0 unspecified atom stereocenters. The highest BCUT2D eigenvalue weighted by Gasteiger charge is 2.41. The fourth-order valence-electron chi connectivity index (χ4n) is 4.05. The minimum atomic E-state index is -4.56. The van der Waals surface area contributed by atoms with Crippen molar-refractivity contribution in [3.8, 4) is 28.7 Å². The fourth-order valence-corrected chi connectivity index (χ4v) is 4.25. The van der Waals surface area contributed by atoms with Crippen LogP contribution in [0.5, 0.6) is 5.75 Å². The van der Waals surface area contributed by atoms with Crippen LogP contribution in [-0.4, -0.2) is 0 Å². The highest BCUT2D eigenvalue weighted by Crippen LogP contribution is 2.38. The highest BCUT2D eigenvalue weighted by atomic mass is 35.5. The molecule has 0 N–H and O–H groups in total. The molecule has 0 saturated heterocycles. The van der Waals surface area contributed by atoms with Gasteiger partial charge in [0.1, 0.15) is 40.4 Å². The molecule has 0 aliphatic carbocycles. The molecule has 212 valence electrons. The lowest BCUT2D eigenvalue weighted by atomic mass is 10.00. The van der Waals surface area contributed by atoms with E-state index >= 15 is 0 Å². The molecule has 0 aliphatic rings. The lowest BCUT2D eigenvalue weighted by Crippen LogP contribution is -2.25. The summed E-state index contributed by atoms with van der Waals surface area (Å²) >= 11 is 5.78. The maximum Gasteiger partial charge on any atom is 0.432 e. The summed E-state index contributed by atoms with van der Waals surface area (Å²) in [5.41, 5.74) is -1.31. The van der Waals surface area contributed by atoms with Gasteiger partial charge >= 0.3 is 6.11 Å². The van der Waals surface area contributed by atoms with Crippen LogP contribution in [-0.2, 0) is 12.5 Å². The molecular weight excluding hydrogens is 569 g/mol. The second kappa shape index (κ2) is 12.3. The number of alkyl halides is 2. The van der Waals surface area contributed by atoms with Gasteiger partial charge in [0.25, 0.3) is 0 Å². The van der Waals surface area contributed by atoms with E-state index in [1.807, 2.05) is 6.92 Å². The molecule has 0 heterocycles. The molecule has 0 saturated carbocycles. The van der Waals surface area contributed by atoms with Gasteiger partial charge in [-0.2, -0.15) is 8.78 Å². The Morgan fingerprint density at radius 3 is 2.10 bits per heavy atom. The third-order valence-corrected chi connectivity index (χ3v) is 6.70. The summed E-state index contributed by atoms with van der Waals surface area (Å²) in [6.45, 7) is 3.34. The number of ether oxygens (including phenoxy) is 1. The van der Waals surface area contributed by atoms with Crippen molar-refractivity contribution in [3.63, 3.8) is 0 Å². The van der Waals surface area contributed by atoms with Crippen molar-refractivity contribution in [1.29, 1.82) is 0 Å². The van der Waals surface area contributed by atoms with E-state index in [1.54, 1.807) is 6.07 Å². The van der Waals surface area contributed by atoms with Gasteiger partial charge in [-0.3, -0.25) is 0 Å². The molecule has 0 aliphatic heterocycles. The first-order valence-electron chi connectivity index (χ1n) is 12.5. The van der Waals surface area contributed by atoms with Crippen LogP contribution < -0.4 is 4.74 Å². The van der Waals surface area contributed by atoms with Crippen molar-refractivity contribution in [1.82, 2.24) is 0 Å². The van der Waals surface area contributed by atoms with Crippen molar-refractivity contribution < 1.29 is 35.5 Å². The number of unbranched alkanes of at least 4 members (excludes halogenated alkanes) is 1. The van der Waals surface area contributed by atoms with E-state index in [4.69, 9.17) is 11.6 Å². The van der Waals surface area contributed by atoms with Crippen molar-refractivity contribution in [2.75, 3.05) is 0 Å². The molecular formula is C32H22ClF7O. The summed E-state index contributed by atoms with van der Waals surface area (Å²) in [5.74, 6) is -1.31. The Morgan fingerprint density at radius 2 is 1.49 bits per heavy atom. The van der Waals surface area contributed by atoms with Crippen LogP contribution in [0.2, 0.25) is 5.02 Å². The van der Waals surface area contributed by atoms with Crippen LogP contribution in [0.3, 0.4) is 0 Å². The first kappa shape index (κ1) is 30.0. The minimum absolute atomic E-state index is 0.0216. The molecule has 41 heavy (non-hydrogen) atoms. The molecule has 1 nitrogen and oxygen atoms in total. The van der Waals surface area contributed by atoms with Gasteiger partial charge < -0.3 is 4.74 Å². The smallest absolute Gasteiger partial charge is 0.429 e. The van der Waals surface area contributed by atoms with Gasteiger partial charge in [0.2, 0.25) is 0 Å². The van der Waals surface area contributed by atoms with Gasteiger partial charge in [0.15, 0.2) is 0 Å². The molecule has 0 aromatic heterocycles. The summed E-state index contributed by atoms with van der Waals surface area (Å²) in [5, 5.41) is -0.221. The maximum absolute atomic E-state index is 14.9. The van der Waals surface area contributed by atoms with Gasteiger partial charge in [0, 0.05) is 22.8 Å². The molecule has 4 aromatic carbocycles. The Kier molecular flexibility index (Phi) is 8.98. The lowest BCUT2D eigenvalue weighted by Gasteiger charge is -2.20. The second-order valence-corrected chi connectivity index (χ2v) is 9.72. The number of benzene rings is 4. The monoisotopic (exact) mass is 590 g/mol. The largest absolute Gasteiger partial charge is 0.432 e. The molecule has 0 atom stereocenters. The molecule has 9 heteroatoms. The zero-order chi connectivity index (χ0) is 29.9. The quantitative estimate of drug-likeness (QED) is 0.154. The SMILES string of the molecule is CCCCc1ccc(C#Cc2ccc(-c3cc(F)c(C(F)(F)Oc4cc(F)c(C)c(Cl)c4)c(F)c3)c(F)c2)c(F)c1. The van der Waals surface area contributed by atoms with E-state index in [9.17, 15) is 30.7 Å². The average molecular weight is 591 g/mol. The zero-order valence-corrected chi connectivity index (χ0v) is 22.6. The Bertz CT molecular complexity index is 1620. The third kappa shape index (κ3) is 6.86. The zero-order valence-electron chi connectivity index (χ0n) is 21.8. The van der Waals surface area contributed by atoms with Crippen molar-refractivity contribution in [2.45, 2.75) is 39.2 Å². The van der Waals surface area contributed by atoms with E-state index in [-0.39, 0.29) is 32.8 Å². The van der Waals surface area contributed by atoms with E-state index in [2.05, 4.69) is 16.6 Å². The molecule has 0 spiro atoms. The number of hydrogen-bond donors (Lipinski definition) is 0. The standard InChI is InChI=1S/C32H22ClF7O/c1-3-4-5-19-6-9-21(27(35)12-19)10-7-20-8-11-24(28(36)13-20)22-14-29(37)31(30(38)15-22)32(39,40)41-23-16-25(33)18(2)26(34)17-23/h6,8-9,11-17H,3-5H2,1-2H3. The number of hydrogen-bond acceptors (Lipinski definition) is 1. The predicted octanol–water partition coefficient (Wildman–Crippen LogP) is 9.88. The van der Waals surface area contributed by atoms with Gasteiger partial charge in [0.05, 0.1) is 10.6 Å². The van der Waals surface area contributed by atoms with Gasteiger partial charge in [-0.1, -0.05) is 48.9 Å². The first-order valence-corrected chi connectivity index (χ1v) is 12.9. The summed E-state index contributed by atoms with van der Waals surface area (Å²) in [7, 11) is 0. The summed E-state index contributed by atoms with van der Waals surface area (Å²) in [4.78, 5) is 0.